The molecule has 0 unspecified atom stereocenters. The summed E-state index contributed by atoms with van der Waals surface area (Å²) in [6, 6.07) is 0. The highest BCUT2D eigenvalue weighted by Crippen LogP contribution is 2.31. The predicted octanol–water partition coefficient (Wildman–Crippen LogP) is 4.94. The van der Waals surface area contributed by atoms with E-state index < -0.39 is 5.67 Å². The predicted molar refractivity (Wildman–Crippen MR) is 66.8 cm³/mol. The number of halogens is 2. The van der Waals surface area contributed by atoms with E-state index in [0.29, 0.717) is 16.2 Å². The Morgan fingerprint density at radius 2 is 1.87 bits per heavy atom. The van der Waals surface area contributed by atoms with Gasteiger partial charge >= 0.3 is 0 Å². The first-order chi connectivity index (χ1) is 6.75. The Hall–Kier alpha value is -0.820. The topological polar surface area (TPSA) is 0 Å². The largest absolute Gasteiger partial charge is 0.239 e. The molecule has 0 aliphatic rings. The van der Waals surface area contributed by atoms with E-state index in [2.05, 4.69) is 13.2 Å². The molecule has 0 radical (unpaired) electrons. The van der Waals surface area contributed by atoms with Gasteiger partial charge in [-0.3, -0.25) is 0 Å². The maximum atomic E-state index is 13.8. The fraction of sp³-hybridized carbons (Fsp3) is 0.385. The fourth-order valence-corrected chi connectivity index (χ4v) is 1.50. The molecule has 0 atom stereocenters. The van der Waals surface area contributed by atoms with Gasteiger partial charge in [-0.15, -0.1) is 0 Å². The van der Waals surface area contributed by atoms with Crippen molar-refractivity contribution in [3.8, 4) is 0 Å². The smallest absolute Gasteiger partial charge is 0.130 e. The summed E-state index contributed by atoms with van der Waals surface area (Å²) >= 11 is 5.93. The lowest BCUT2D eigenvalue weighted by Gasteiger charge is -2.20. The summed E-state index contributed by atoms with van der Waals surface area (Å²) in [7, 11) is 0. The van der Waals surface area contributed by atoms with Crippen molar-refractivity contribution in [3.05, 3.63) is 47.1 Å². The average molecular weight is 229 g/mol. The van der Waals surface area contributed by atoms with Gasteiger partial charge in [0.05, 0.1) is 0 Å². The Bertz CT molecular complexity index is 327. The molecule has 0 nitrogen and oxygen atoms in total. The Morgan fingerprint density at radius 1 is 1.40 bits per heavy atom. The zero-order valence-electron chi connectivity index (χ0n) is 9.82. The van der Waals surface area contributed by atoms with Crippen molar-refractivity contribution in [3.63, 3.8) is 0 Å². The first-order valence-electron chi connectivity index (χ1n) is 4.79. The van der Waals surface area contributed by atoms with Crippen LogP contribution in [0.15, 0.2) is 47.1 Å². The SMILES string of the molecule is C=C/C(=C(\C)C(=C)/C(Cl)=C\C)C(C)(C)F. The van der Waals surface area contributed by atoms with Gasteiger partial charge in [-0.05, 0) is 44.4 Å². The first-order valence-corrected chi connectivity index (χ1v) is 5.17. The van der Waals surface area contributed by atoms with E-state index in [1.54, 1.807) is 13.0 Å². The molecule has 0 aliphatic carbocycles. The molecule has 0 N–H and O–H groups in total. The van der Waals surface area contributed by atoms with E-state index in [9.17, 15) is 4.39 Å². The second-order valence-corrected chi connectivity index (χ2v) is 4.24. The van der Waals surface area contributed by atoms with Gasteiger partial charge in [0, 0.05) is 5.03 Å². The van der Waals surface area contributed by atoms with Crippen LogP contribution in [0.25, 0.3) is 0 Å². The zero-order valence-corrected chi connectivity index (χ0v) is 10.6. The van der Waals surface area contributed by atoms with Gasteiger partial charge in [-0.2, -0.15) is 0 Å². The third kappa shape index (κ3) is 3.67. The molecule has 0 bridgehead atoms. The number of rotatable bonds is 4. The Balaban J connectivity index is 5.42. The third-order valence-corrected chi connectivity index (χ3v) is 2.69. The lowest BCUT2D eigenvalue weighted by atomic mass is 9.91. The molecule has 0 saturated carbocycles. The molecule has 0 fully saturated rings. The first kappa shape index (κ1) is 14.2. The molecule has 0 aromatic carbocycles. The lowest BCUT2D eigenvalue weighted by Crippen LogP contribution is -2.16. The van der Waals surface area contributed by atoms with Crippen LogP contribution < -0.4 is 0 Å². The van der Waals surface area contributed by atoms with E-state index in [1.807, 2.05) is 6.92 Å². The highest BCUT2D eigenvalue weighted by Gasteiger charge is 2.22. The Morgan fingerprint density at radius 3 is 2.13 bits per heavy atom. The van der Waals surface area contributed by atoms with Crippen molar-refractivity contribution in [2.75, 3.05) is 0 Å². The summed E-state index contributed by atoms with van der Waals surface area (Å²) in [4.78, 5) is 0. The third-order valence-electron chi connectivity index (χ3n) is 2.24. The minimum Gasteiger partial charge on any atom is -0.239 e. The maximum Gasteiger partial charge on any atom is 0.130 e. The lowest BCUT2D eigenvalue weighted by molar-refractivity contribution is 0.272. The summed E-state index contributed by atoms with van der Waals surface area (Å²) in [5.74, 6) is 0. The Kier molecular flexibility index (Phi) is 5.02. The van der Waals surface area contributed by atoms with Crippen LogP contribution >= 0.6 is 11.6 Å². The van der Waals surface area contributed by atoms with Crippen LogP contribution in [0.4, 0.5) is 4.39 Å². The molecule has 0 heterocycles. The quantitative estimate of drug-likeness (QED) is 0.598. The molecule has 0 spiro atoms. The second kappa shape index (κ2) is 5.32. The minimum atomic E-state index is -1.43. The van der Waals surface area contributed by atoms with Crippen molar-refractivity contribution in [1.29, 1.82) is 0 Å². The number of hydrogen-bond donors (Lipinski definition) is 0. The Labute approximate surface area is 96.8 Å². The molecule has 0 aromatic rings. The molecule has 0 saturated heterocycles. The second-order valence-electron chi connectivity index (χ2n) is 3.83. The van der Waals surface area contributed by atoms with E-state index in [0.717, 1.165) is 5.57 Å². The maximum absolute atomic E-state index is 13.8. The van der Waals surface area contributed by atoms with Gasteiger partial charge in [0.2, 0.25) is 0 Å². The van der Waals surface area contributed by atoms with Crippen LogP contribution in [0.2, 0.25) is 0 Å². The molecule has 0 aliphatic heterocycles. The van der Waals surface area contributed by atoms with Crippen molar-refractivity contribution in [2.45, 2.75) is 33.4 Å². The summed E-state index contributed by atoms with van der Waals surface area (Å²) < 4.78 is 13.8. The number of alkyl halides is 1. The fourth-order valence-electron chi connectivity index (χ4n) is 1.36. The van der Waals surface area contributed by atoms with Crippen LogP contribution in [0.5, 0.6) is 0 Å². The minimum absolute atomic E-state index is 0.521. The normalized spacial score (nSPS) is 14.7. The molecule has 2 heteroatoms. The van der Waals surface area contributed by atoms with Crippen molar-refractivity contribution < 1.29 is 4.39 Å². The van der Waals surface area contributed by atoms with Gasteiger partial charge in [0.15, 0.2) is 0 Å². The highest BCUT2D eigenvalue weighted by molar-refractivity contribution is 6.32. The molecule has 0 aromatic heterocycles. The molecular weight excluding hydrogens is 211 g/mol. The average Bonchev–Trinajstić information content (AvgIpc) is 2.14. The molecule has 0 amide bonds. The summed E-state index contributed by atoms with van der Waals surface area (Å²) in [5.41, 5.74) is 0.465. The van der Waals surface area contributed by atoms with Crippen LogP contribution in [0.3, 0.4) is 0 Å². The summed E-state index contributed by atoms with van der Waals surface area (Å²) in [6.45, 7) is 14.0. The highest BCUT2D eigenvalue weighted by atomic mass is 35.5. The van der Waals surface area contributed by atoms with Crippen molar-refractivity contribution in [2.24, 2.45) is 0 Å². The van der Waals surface area contributed by atoms with Crippen molar-refractivity contribution in [1.82, 2.24) is 0 Å². The summed E-state index contributed by atoms with van der Waals surface area (Å²) in [6.07, 6.45) is 3.25. The van der Waals surface area contributed by atoms with Crippen LogP contribution in [0, 0.1) is 0 Å². The van der Waals surface area contributed by atoms with Crippen LogP contribution in [-0.2, 0) is 0 Å². The molecular formula is C13H18ClF. The number of allylic oxidation sites excluding steroid dienone is 6. The van der Waals surface area contributed by atoms with Gasteiger partial charge in [0.1, 0.15) is 5.67 Å². The number of hydrogen-bond acceptors (Lipinski definition) is 0. The standard InChI is InChI=1S/C13H18ClF/c1-7-11(13(5,6)15)9(3)10(4)12(14)8-2/h7-8H,1,4H2,2-3,5-6H3/b11-9-,12-8+. The van der Waals surface area contributed by atoms with Crippen LogP contribution in [-0.4, -0.2) is 5.67 Å². The summed E-state index contributed by atoms with van der Waals surface area (Å²) in [5, 5.41) is 0.538. The van der Waals surface area contributed by atoms with Gasteiger partial charge in [0.25, 0.3) is 0 Å². The van der Waals surface area contributed by atoms with E-state index in [-0.39, 0.29) is 0 Å². The molecule has 0 rings (SSSR count). The van der Waals surface area contributed by atoms with E-state index >= 15 is 0 Å². The van der Waals surface area contributed by atoms with Gasteiger partial charge in [-0.25, -0.2) is 4.39 Å². The van der Waals surface area contributed by atoms with E-state index in [4.69, 9.17) is 11.6 Å². The molecule has 84 valence electrons. The monoisotopic (exact) mass is 228 g/mol. The van der Waals surface area contributed by atoms with Gasteiger partial charge < -0.3 is 0 Å². The zero-order chi connectivity index (χ0) is 12.2. The molecule has 15 heavy (non-hydrogen) atoms. The van der Waals surface area contributed by atoms with E-state index in [1.165, 1.54) is 19.9 Å². The van der Waals surface area contributed by atoms with Gasteiger partial charge in [-0.1, -0.05) is 36.9 Å². The van der Waals surface area contributed by atoms with Crippen LogP contribution in [0.1, 0.15) is 27.7 Å². The van der Waals surface area contributed by atoms with Crippen molar-refractivity contribution >= 4 is 11.6 Å².